The molecule has 154 valence electrons. The molecule has 4 rings (SSSR count). The van der Waals surface area contributed by atoms with Crippen LogP contribution in [-0.4, -0.2) is 41.0 Å². The summed E-state index contributed by atoms with van der Waals surface area (Å²) in [5, 5.41) is 19.4. The summed E-state index contributed by atoms with van der Waals surface area (Å²) >= 11 is 1.52. The van der Waals surface area contributed by atoms with Crippen molar-refractivity contribution >= 4 is 29.0 Å². The lowest BCUT2D eigenvalue weighted by Gasteiger charge is -2.14. The zero-order valence-electron chi connectivity index (χ0n) is 17.2. The van der Waals surface area contributed by atoms with Crippen LogP contribution in [0.3, 0.4) is 0 Å². The highest BCUT2D eigenvalue weighted by Crippen LogP contribution is 2.35. The van der Waals surface area contributed by atoms with Crippen LogP contribution in [0.4, 0.5) is 5.95 Å². The van der Waals surface area contributed by atoms with Gasteiger partial charge in [-0.1, -0.05) is 42.1 Å². The number of anilines is 1. The first-order valence-electron chi connectivity index (χ1n) is 10.4. The van der Waals surface area contributed by atoms with E-state index < -0.39 is 0 Å². The van der Waals surface area contributed by atoms with Crippen LogP contribution in [0.1, 0.15) is 36.1 Å². The molecule has 1 saturated heterocycles. The number of benzene rings is 1. The molecule has 0 atom stereocenters. The van der Waals surface area contributed by atoms with Crippen molar-refractivity contribution in [2.24, 2.45) is 0 Å². The molecule has 2 aromatic rings. The number of nitrogens with one attached hydrogen (secondary N) is 2. The Kier molecular flexibility index (Phi) is 6.67. The predicted molar refractivity (Wildman–Crippen MR) is 123 cm³/mol. The van der Waals surface area contributed by atoms with Gasteiger partial charge in [-0.15, -0.1) is 0 Å². The van der Waals surface area contributed by atoms with Gasteiger partial charge >= 0.3 is 0 Å². The van der Waals surface area contributed by atoms with Gasteiger partial charge in [0, 0.05) is 18.1 Å². The fraction of sp³-hybridized carbons (Fsp3) is 0.348. The van der Waals surface area contributed by atoms with Gasteiger partial charge in [-0.05, 0) is 56.9 Å². The third-order valence-corrected chi connectivity index (χ3v) is 6.20. The summed E-state index contributed by atoms with van der Waals surface area (Å²) in [4.78, 5) is 11.6. The Morgan fingerprint density at radius 3 is 2.83 bits per heavy atom. The smallest absolute Gasteiger partial charge is 0.223 e. The van der Waals surface area contributed by atoms with E-state index in [0.717, 1.165) is 41.4 Å². The molecule has 30 heavy (non-hydrogen) atoms. The summed E-state index contributed by atoms with van der Waals surface area (Å²) in [5.74, 6) is 0.574. The molecule has 0 bridgehead atoms. The Labute approximate surface area is 182 Å². The second-order valence-electron chi connectivity index (χ2n) is 7.51. The minimum absolute atomic E-state index is 0.544. The number of likely N-dealkylation sites (tertiary alicyclic amines) is 1. The summed E-state index contributed by atoms with van der Waals surface area (Å²) < 4.78 is 0. The number of allylic oxidation sites excluding steroid dienone is 1. The van der Waals surface area contributed by atoms with Gasteiger partial charge in [-0.2, -0.15) is 5.26 Å². The third-order valence-electron chi connectivity index (χ3n) is 5.31. The molecule has 0 radical (unpaired) electrons. The number of nitriles is 1. The van der Waals surface area contributed by atoms with Crippen molar-refractivity contribution in [2.75, 3.05) is 31.5 Å². The van der Waals surface area contributed by atoms with Gasteiger partial charge in [0.05, 0.1) is 16.4 Å². The highest BCUT2D eigenvalue weighted by atomic mass is 32.2. The van der Waals surface area contributed by atoms with Gasteiger partial charge < -0.3 is 15.5 Å². The van der Waals surface area contributed by atoms with Crippen LogP contribution in [-0.2, 0) is 0 Å². The average molecular weight is 419 g/mol. The molecule has 0 aliphatic carbocycles. The molecule has 0 amide bonds. The first-order valence-corrected chi connectivity index (χ1v) is 11.3. The molecule has 1 aromatic heterocycles. The maximum atomic E-state index is 9.88. The van der Waals surface area contributed by atoms with Crippen LogP contribution in [0.2, 0.25) is 0 Å². The summed E-state index contributed by atoms with van der Waals surface area (Å²) in [5.41, 5.74) is 4.19. The van der Waals surface area contributed by atoms with Crippen molar-refractivity contribution in [3.8, 4) is 6.07 Å². The number of rotatable bonds is 7. The van der Waals surface area contributed by atoms with Gasteiger partial charge in [-0.3, -0.25) is 0 Å². The fourth-order valence-corrected chi connectivity index (χ4v) is 4.54. The Bertz CT molecular complexity index is 986. The highest BCUT2D eigenvalue weighted by Gasteiger charge is 2.20. The van der Waals surface area contributed by atoms with Crippen molar-refractivity contribution in [1.82, 2.24) is 20.2 Å². The first kappa shape index (κ1) is 20.5. The molecule has 7 heteroatoms. The van der Waals surface area contributed by atoms with Crippen molar-refractivity contribution in [3.63, 3.8) is 0 Å². The molecule has 1 fully saturated rings. The van der Waals surface area contributed by atoms with Gasteiger partial charge in [0.1, 0.15) is 11.6 Å². The standard InChI is InChI=1S/C23H26N6S/c1-17-15-26-23(25-10-7-13-29-11-5-6-12-29)28-21(17)19(14-24)22-27-20(16-30-22)18-8-3-2-4-9-18/h2-4,8-9,15-16,27H,5-7,10-13H2,1H3,(H,25,26,28)/b22-19-. The van der Waals surface area contributed by atoms with Gasteiger partial charge in [0.2, 0.25) is 5.95 Å². The normalized spacial score (nSPS) is 17.9. The van der Waals surface area contributed by atoms with E-state index in [1.165, 1.54) is 37.7 Å². The largest absolute Gasteiger partial charge is 0.354 e. The highest BCUT2D eigenvalue weighted by molar-refractivity contribution is 8.06. The van der Waals surface area contributed by atoms with E-state index in [9.17, 15) is 5.26 Å². The lowest BCUT2D eigenvalue weighted by molar-refractivity contribution is 0.337. The van der Waals surface area contributed by atoms with Crippen molar-refractivity contribution in [1.29, 1.82) is 5.26 Å². The Morgan fingerprint density at radius 2 is 2.07 bits per heavy atom. The van der Waals surface area contributed by atoms with Crippen LogP contribution in [0.15, 0.2) is 47.0 Å². The summed E-state index contributed by atoms with van der Waals surface area (Å²) in [7, 11) is 0. The molecule has 1 aromatic carbocycles. The summed E-state index contributed by atoms with van der Waals surface area (Å²) in [6.45, 7) is 6.30. The van der Waals surface area contributed by atoms with Crippen LogP contribution in [0.5, 0.6) is 0 Å². The number of nitrogens with zero attached hydrogens (tertiary/aromatic N) is 4. The lowest BCUT2D eigenvalue weighted by Crippen LogP contribution is -2.22. The Hall–Kier alpha value is -2.82. The van der Waals surface area contributed by atoms with Crippen molar-refractivity contribution < 1.29 is 0 Å². The van der Waals surface area contributed by atoms with E-state index in [4.69, 9.17) is 0 Å². The van der Waals surface area contributed by atoms with Crippen LogP contribution >= 0.6 is 11.8 Å². The number of hydrogen-bond donors (Lipinski definition) is 2. The fourth-order valence-electron chi connectivity index (χ4n) is 3.68. The molecule has 0 spiro atoms. The minimum atomic E-state index is 0.544. The van der Waals surface area contributed by atoms with Crippen LogP contribution < -0.4 is 10.6 Å². The molecule has 6 nitrogen and oxygen atoms in total. The van der Waals surface area contributed by atoms with Crippen molar-refractivity contribution in [2.45, 2.75) is 26.2 Å². The number of aryl methyl sites for hydroxylation is 1. The van der Waals surface area contributed by atoms with E-state index in [0.29, 0.717) is 17.2 Å². The lowest BCUT2D eigenvalue weighted by atomic mass is 10.1. The molecular formula is C23H26N6S. The van der Waals surface area contributed by atoms with Crippen LogP contribution in [0, 0.1) is 18.3 Å². The predicted octanol–water partition coefficient (Wildman–Crippen LogP) is 4.21. The zero-order valence-corrected chi connectivity index (χ0v) is 18.0. The van der Waals surface area contributed by atoms with E-state index in [1.54, 1.807) is 6.20 Å². The molecule has 0 saturated carbocycles. The average Bonchev–Trinajstić information content (AvgIpc) is 3.47. The topological polar surface area (TPSA) is 76.9 Å². The Balaban J connectivity index is 1.44. The third kappa shape index (κ3) is 4.84. The monoisotopic (exact) mass is 418 g/mol. The van der Waals surface area contributed by atoms with Gasteiger partial charge in [-0.25, -0.2) is 9.97 Å². The number of thioether (sulfide) groups is 1. The molecule has 3 heterocycles. The van der Waals surface area contributed by atoms with E-state index in [2.05, 4.69) is 43.7 Å². The minimum Gasteiger partial charge on any atom is -0.354 e. The SMILES string of the molecule is Cc1cnc(NCCCN2CCCC2)nc1/C(C#N)=C1/NC(c2ccccc2)=CS1. The summed E-state index contributed by atoms with van der Waals surface area (Å²) in [6, 6.07) is 12.4. The van der Waals surface area contributed by atoms with Crippen LogP contribution in [0.25, 0.3) is 11.3 Å². The first-order chi connectivity index (χ1) is 14.7. The van der Waals surface area contributed by atoms with E-state index in [-0.39, 0.29) is 0 Å². The number of aromatic nitrogens is 2. The van der Waals surface area contributed by atoms with E-state index in [1.807, 2.05) is 30.5 Å². The second kappa shape index (κ2) is 9.79. The van der Waals surface area contributed by atoms with Crippen molar-refractivity contribution in [3.05, 3.63) is 63.8 Å². The maximum Gasteiger partial charge on any atom is 0.223 e. The van der Waals surface area contributed by atoms with Gasteiger partial charge in [0.15, 0.2) is 0 Å². The molecular weight excluding hydrogens is 392 g/mol. The maximum absolute atomic E-state index is 9.88. The Morgan fingerprint density at radius 1 is 1.27 bits per heavy atom. The quantitative estimate of drug-likeness (QED) is 0.515. The molecule has 0 unspecified atom stereocenters. The molecule has 2 N–H and O–H groups in total. The zero-order chi connectivity index (χ0) is 20.8. The molecule has 2 aliphatic heterocycles. The van der Waals surface area contributed by atoms with E-state index >= 15 is 0 Å². The number of hydrogen-bond acceptors (Lipinski definition) is 7. The second-order valence-corrected chi connectivity index (χ2v) is 8.39. The van der Waals surface area contributed by atoms with Gasteiger partial charge in [0.25, 0.3) is 0 Å². The molecule has 2 aliphatic rings. The summed E-state index contributed by atoms with van der Waals surface area (Å²) in [6.07, 6.45) is 5.47.